The summed E-state index contributed by atoms with van der Waals surface area (Å²) < 4.78 is 12.8. The van der Waals surface area contributed by atoms with Gasteiger partial charge in [-0.1, -0.05) is 67.6 Å². The first-order valence-corrected chi connectivity index (χ1v) is 56.2. The van der Waals surface area contributed by atoms with Gasteiger partial charge in [-0.2, -0.15) is 0 Å². The van der Waals surface area contributed by atoms with Crippen molar-refractivity contribution in [1.29, 1.82) is 0 Å². The van der Waals surface area contributed by atoms with Gasteiger partial charge >= 0.3 is 433 Å². The molecule has 0 heterocycles. The summed E-state index contributed by atoms with van der Waals surface area (Å²) in [6.07, 6.45) is 15.7. The van der Waals surface area contributed by atoms with E-state index in [0.717, 1.165) is 53.5 Å². The summed E-state index contributed by atoms with van der Waals surface area (Å²) in [5.41, 5.74) is 11.4. The van der Waals surface area contributed by atoms with E-state index in [1.165, 1.54) is 97.5 Å². The molecule has 8 aromatic rings. The van der Waals surface area contributed by atoms with Gasteiger partial charge in [0.1, 0.15) is 0 Å². The molecule has 4 aliphatic carbocycles. The Bertz CT molecular complexity index is 3610. The van der Waals surface area contributed by atoms with E-state index in [4.69, 9.17) is 0 Å². The molecule has 4 unspecified atom stereocenters. The molecule has 0 saturated carbocycles. The summed E-state index contributed by atoms with van der Waals surface area (Å²) in [6, 6.07) is 68.9. The number of ketones is 4. The van der Waals surface area contributed by atoms with Crippen molar-refractivity contribution in [1.82, 2.24) is 0 Å². The van der Waals surface area contributed by atoms with Crippen LogP contribution in [0.4, 0.5) is 0 Å². The molecule has 8 aromatic carbocycles. The summed E-state index contributed by atoms with van der Waals surface area (Å²) in [4.78, 5) is 57.7. The maximum atomic E-state index is 13.4. The van der Waals surface area contributed by atoms with Gasteiger partial charge in [-0.25, -0.2) is 0 Å². The number of fused-ring (bicyclic) bond motifs is 4. The van der Waals surface area contributed by atoms with Crippen LogP contribution in [0, 0.1) is 23.7 Å². The fourth-order valence-corrected chi connectivity index (χ4v) is 50.4. The number of benzene rings is 8. The van der Waals surface area contributed by atoms with Crippen LogP contribution in [0.1, 0.15) is 162 Å². The topological polar surface area (TPSA) is 68.3 Å². The number of hydrogen-bond acceptors (Lipinski definition) is 4. The molecule has 4 aliphatic rings. The Labute approximate surface area is 540 Å². The number of carbonyl (C=O) groups excluding carboxylic acids is 4. The van der Waals surface area contributed by atoms with Crippen molar-refractivity contribution < 1.29 is 19.2 Å². The summed E-state index contributed by atoms with van der Waals surface area (Å²) in [7, 11) is 0. The van der Waals surface area contributed by atoms with Crippen LogP contribution in [0.5, 0.6) is 0 Å². The van der Waals surface area contributed by atoms with Gasteiger partial charge in [0.05, 0.1) is 0 Å². The molecule has 4 atom stereocenters. The first kappa shape index (κ1) is 67.0. The third kappa shape index (κ3) is 14.7. The van der Waals surface area contributed by atoms with Crippen LogP contribution in [0.2, 0.25) is 28.1 Å². The number of hydrogen-bond donors (Lipinski definition) is 0. The Morgan fingerprint density at radius 3 is 1.06 bits per heavy atom. The average molecular weight is 1490 g/mol. The quantitative estimate of drug-likeness (QED) is 0.0673. The molecule has 0 bridgehead atoms. The summed E-state index contributed by atoms with van der Waals surface area (Å²) in [6.45, 7) is 15.2. The van der Waals surface area contributed by atoms with Crippen molar-refractivity contribution in [2.45, 2.75) is 141 Å². The molecule has 0 fully saturated rings. The van der Waals surface area contributed by atoms with E-state index in [-0.39, 0.29) is 29.5 Å². The average Bonchev–Trinajstić information content (AvgIpc) is 1.13. The van der Waals surface area contributed by atoms with Crippen LogP contribution in [0.15, 0.2) is 194 Å². The Morgan fingerprint density at radius 1 is 0.352 bits per heavy atom. The van der Waals surface area contributed by atoms with Gasteiger partial charge in [0.15, 0.2) is 5.78 Å². The Balaban J connectivity index is 0.000000144. The molecular weight excluding hydrogens is 1390 g/mol. The first-order valence-electron chi connectivity index (χ1n) is 33.0. The third-order valence-corrected chi connectivity index (χ3v) is 54.4. The third-order valence-electron chi connectivity index (χ3n) is 19.2. The number of Topliss-reactive ketones (excluding diaryl/α,β-unsaturated/α-hetero) is 4. The van der Waals surface area contributed by atoms with E-state index in [1.54, 1.807) is 3.58 Å². The summed E-state index contributed by atoms with van der Waals surface area (Å²) >= 11 is -8.34. The fourth-order valence-electron chi connectivity index (χ4n) is 14.6. The van der Waals surface area contributed by atoms with Gasteiger partial charge < -0.3 is 0 Å². The molecular formula is C81H94O4Sn3. The van der Waals surface area contributed by atoms with Crippen LogP contribution >= 0.6 is 0 Å². The zero-order valence-electron chi connectivity index (χ0n) is 54.3. The predicted octanol–water partition coefficient (Wildman–Crippen LogP) is 16.4. The zero-order chi connectivity index (χ0) is 62.6. The van der Waals surface area contributed by atoms with Crippen LogP contribution in [0.3, 0.4) is 0 Å². The van der Waals surface area contributed by atoms with Crippen molar-refractivity contribution in [3.05, 3.63) is 250 Å². The van der Waals surface area contributed by atoms with E-state index >= 15 is 0 Å². The van der Waals surface area contributed by atoms with E-state index in [1.807, 2.05) is 50.3 Å². The van der Waals surface area contributed by atoms with Crippen molar-refractivity contribution in [3.63, 3.8) is 0 Å². The maximum absolute atomic E-state index is 13.4. The van der Waals surface area contributed by atoms with Gasteiger partial charge in [-0.15, -0.1) is 0 Å². The first-order chi connectivity index (χ1) is 42.5. The molecule has 0 saturated heterocycles. The van der Waals surface area contributed by atoms with Crippen molar-refractivity contribution in [3.8, 4) is 0 Å². The van der Waals surface area contributed by atoms with Crippen LogP contribution in [-0.4, -0.2) is 78.3 Å². The standard InChI is InChI=1S/C18H16O.3C10H9O.3C6H5.3C4H9.3CH3.3Sn/c1-13-12-16-9-5-8-15(17(16)18(13)19)11-10-14-6-3-2-4-7-14;3*1-7-6-8-4-2-3-5-9(8)10(7)11;3*1-2-4-6-5-3-1;3*1-3-4-2;;;;;;/h2-11,13H,12H2,1H3;3*2-4,7H,6H2,1H3;3*1-5H;3*1,3-4H2,2H3;3*1H3;;;. The molecule has 7 heteroatoms. The van der Waals surface area contributed by atoms with Gasteiger partial charge in [0.2, 0.25) is 0 Å². The minimum atomic E-state index is -3.72. The van der Waals surface area contributed by atoms with Crippen LogP contribution in [0.25, 0.3) is 12.2 Å². The zero-order valence-corrected chi connectivity index (χ0v) is 62.8. The Kier molecular flexibility index (Phi) is 23.3. The molecule has 4 nitrogen and oxygen atoms in total. The van der Waals surface area contributed by atoms with E-state index in [2.05, 4.69) is 219 Å². The second-order valence-electron chi connectivity index (χ2n) is 26.7. The molecule has 0 aromatic heterocycles. The minimum absolute atomic E-state index is 0.0625. The van der Waals surface area contributed by atoms with E-state index in [9.17, 15) is 19.2 Å². The van der Waals surface area contributed by atoms with Crippen LogP contribution in [-0.2, 0) is 25.7 Å². The van der Waals surface area contributed by atoms with Crippen molar-refractivity contribution >= 4 is 112 Å². The predicted molar refractivity (Wildman–Crippen MR) is 381 cm³/mol. The normalized spacial score (nSPS) is 17.5. The second kappa shape index (κ2) is 30.6. The molecule has 0 N–H and O–H groups in total. The van der Waals surface area contributed by atoms with E-state index < -0.39 is 55.1 Å². The van der Waals surface area contributed by atoms with Crippen molar-refractivity contribution in [2.75, 3.05) is 0 Å². The monoisotopic (exact) mass is 1490 g/mol. The fraction of sp³-hybridized carbons (Fsp3) is 0.333. The van der Waals surface area contributed by atoms with E-state index in [0.29, 0.717) is 17.3 Å². The molecule has 0 aliphatic heterocycles. The number of rotatable bonds is 17. The van der Waals surface area contributed by atoms with Gasteiger partial charge in [-0.3, -0.25) is 4.79 Å². The summed E-state index contributed by atoms with van der Waals surface area (Å²) in [5, 5.41) is 0. The number of unbranched alkanes of at least 4 members (excludes halogenated alkanes) is 3. The molecule has 454 valence electrons. The Hall–Kier alpha value is -5.42. The number of carbonyl (C=O) groups is 4. The molecule has 0 amide bonds. The molecule has 0 spiro atoms. The van der Waals surface area contributed by atoms with Gasteiger partial charge in [0, 0.05) is 11.5 Å². The molecule has 0 radical (unpaired) electrons. The van der Waals surface area contributed by atoms with Gasteiger partial charge in [-0.05, 0) is 23.1 Å². The summed E-state index contributed by atoms with van der Waals surface area (Å²) in [5.74, 6) is 2.02. The van der Waals surface area contributed by atoms with Gasteiger partial charge in [0.25, 0.3) is 0 Å². The second-order valence-corrected chi connectivity index (χ2v) is 65.0. The van der Waals surface area contributed by atoms with Crippen LogP contribution < -0.4 is 21.5 Å². The Morgan fingerprint density at radius 2 is 0.670 bits per heavy atom. The molecule has 88 heavy (non-hydrogen) atoms. The molecule has 12 rings (SSSR count). The van der Waals surface area contributed by atoms with Crippen molar-refractivity contribution in [2.24, 2.45) is 23.7 Å². The SMILES string of the molecule is CC1Cc2ccc[c]([Sn]([CH3])([CH3])[CH3])c2C1=O.CC1Cc2ccc[c]([Sn]([c]3ccccc3)([c]3ccccc3)[c]3ccccc3)c2C1=O.CC1Cc2cccc(C=Cc3ccccc3)c2C1=O.CCC[CH2][Sn]([CH2]CCC)([CH2]CCC)[c]1cccc2c1C(=O)C(C)C2.